The van der Waals surface area contributed by atoms with E-state index in [1.165, 1.54) is 17.3 Å². The molecule has 1 aliphatic rings. The molecule has 0 radical (unpaired) electrons. The van der Waals surface area contributed by atoms with Crippen molar-refractivity contribution >= 4 is 46.8 Å². The Kier molecular flexibility index (Phi) is 11.1. The molecule has 0 aliphatic carbocycles. The van der Waals surface area contributed by atoms with Gasteiger partial charge in [-0.3, -0.25) is 9.59 Å². The third-order valence-electron chi connectivity index (χ3n) is 7.37. The molecule has 3 heterocycles. The maximum Gasteiger partial charge on any atom is 0.255 e. The van der Waals surface area contributed by atoms with E-state index in [1.54, 1.807) is 19.1 Å². The molecular weight excluding hydrogens is 593 g/mol. The molecule has 0 saturated heterocycles. The number of halogens is 2. The average molecular weight is 631 g/mol. The van der Waals surface area contributed by atoms with Crippen LogP contribution in [0, 0.1) is 0 Å². The number of pyridine rings is 1. The SMILES string of the molecule is CCCC(CCO)Nc1ncc(Cl)c(-c2ccc3c(c2)C(=O)N([C@H](C)C(=O)N[C@H](CO)c2cc(NCC)ncc2Cl)C3)n1. The van der Waals surface area contributed by atoms with Crippen molar-refractivity contribution in [3.05, 3.63) is 63.4 Å². The zero-order valence-electron chi connectivity index (χ0n) is 24.4. The number of rotatable bonds is 14. The minimum atomic E-state index is -0.827. The summed E-state index contributed by atoms with van der Waals surface area (Å²) in [5, 5.41) is 29.3. The fraction of sp³-hybridized carbons (Fsp3) is 0.433. The molecule has 2 amide bonds. The minimum Gasteiger partial charge on any atom is -0.396 e. The number of aromatic nitrogens is 3. The lowest BCUT2D eigenvalue weighted by Crippen LogP contribution is -2.46. The van der Waals surface area contributed by atoms with Gasteiger partial charge in [0.05, 0.1) is 34.6 Å². The van der Waals surface area contributed by atoms with Crippen molar-refractivity contribution in [2.75, 3.05) is 30.4 Å². The summed E-state index contributed by atoms with van der Waals surface area (Å²) in [5.41, 5.74) is 2.85. The standard InChI is InChI=1S/C30H37Cl2N7O4/c1-4-6-20(9-10-40)36-30-35-14-24(32)27(38-30)18-7-8-19-15-39(29(43)21(19)11-18)17(3)28(42)37-25(16-41)22-12-26(33-5-2)34-13-23(22)31/h7-8,11-14,17,20,25,40-41H,4-6,9-10,15-16H2,1-3H3,(H,33,34)(H,37,42)(H,35,36,38)/t17-,20?,25-/m1/s1. The van der Waals surface area contributed by atoms with E-state index in [-0.39, 0.29) is 31.7 Å². The van der Waals surface area contributed by atoms with E-state index in [0.717, 1.165) is 18.4 Å². The van der Waals surface area contributed by atoms with Crippen LogP contribution in [0.1, 0.15) is 67.6 Å². The van der Waals surface area contributed by atoms with Gasteiger partial charge >= 0.3 is 0 Å². The topological polar surface area (TPSA) is 153 Å². The molecule has 0 bridgehead atoms. The van der Waals surface area contributed by atoms with Crippen LogP contribution < -0.4 is 16.0 Å². The molecule has 1 aromatic carbocycles. The zero-order valence-corrected chi connectivity index (χ0v) is 25.9. The molecule has 11 nitrogen and oxygen atoms in total. The number of hydrogen-bond acceptors (Lipinski definition) is 9. The first-order valence-electron chi connectivity index (χ1n) is 14.3. The van der Waals surface area contributed by atoms with Crippen LogP contribution in [0.2, 0.25) is 10.0 Å². The fourth-order valence-electron chi connectivity index (χ4n) is 5.05. The Labute approximate surface area is 261 Å². The van der Waals surface area contributed by atoms with Crippen molar-refractivity contribution in [1.29, 1.82) is 0 Å². The van der Waals surface area contributed by atoms with Gasteiger partial charge in [-0.05, 0) is 44.4 Å². The van der Waals surface area contributed by atoms with Gasteiger partial charge in [0.2, 0.25) is 11.9 Å². The molecule has 43 heavy (non-hydrogen) atoms. The Bertz CT molecular complexity index is 1450. The number of benzene rings is 1. The Balaban J connectivity index is 1.51. The number of fused-ring (bicyclic) bond motifs is 1. The van der Waals surface area contributed by atoms with Crippen LogP contribution in [-0.4, -0.2) is 73.7 Å². The number of nitrogens with zero attached hydrogens (tertiary/aromatic N) is 4. The van der Waals surface area contributed by atoms with Crippen molar-refractivity contribution in [2.45, 2.75) is 64.7 Å². The minimum absolute atomic E-state index is 0.0156. The van der Waals surface area contributed by atoms with Gasteiger partial charge in [0.25, 0.3) is 5.91 Å². The quantitative estimate of drug-likeness (QED) is 0.174. The summed E-state index contributed by atoms with van der Waals surface area (Å²) in [4.78, 5) is 41.4. The highest BCUT2D eigenvalue weighted by atomic mass is 35.5. The molecule has 1 unspecified atom stereocenters. The van der Waals surface area contributed by atoms with Crippen LogP contribution in [0.5, 0.6) is 0 Å². The van der Waals surface area contributed by atoms with Gasteiger partial charge in [0, 0.05) is 48.6 Å². The first kappa shape index (κ1) is 32.4. The molecule has 3 atom stereocenters. The van der Waals surface area contributed by atoms with E-state index >= 15 is 0 Å². The lowest BCUT2D eigenvalue weighted by Gasteiger charge is -2.26. The highest BCUT2D eigenvalue weighted by molar-refractivity contribution is 6.33. The van der Waals surface area contributed by atoms with E-state index in [4.69, 9.17) is 23.2 Å². The zero-order chi connectivity index (χ0) is 31.1. The lowest BCUT2D eigenvalue weighted by atomic mass is 10.0. The van der Waals surface area contributed by atoms with Crippen LogP contribution in [0.15, 0.2) is 36.7 Å². The number of nitrogens with one attached hydrogen (secondary N) is 3. The molecule has 13 heteroatoms. The molecule has 4 rings (SSSR count). The number of hydrogen-bond donors (Lipinski definition) is 5. The van der Waals surface area contributed by atoms with Crippen molar-refractivity contribution in [3.8, 4) is 11.3 Å². The Morgan fingerprint density at radius 2 is 1.86 bits per heavy atom. The van der Waals surface area contributed by atoms with E-state index < -0.39 is 18.0 Å². The van der Waals surface area contributed by atoms with Crippen molar-refractivity contribution < 1.29 is 19.8 Å². The van der Waals surface area contributed by atoms with E-state index in [2.05, 4.69) is 37.8 Å². The first-order valence-corrected chi connectivity index (χ1v) is 15.1. The normalized spacial score (nSPS) is 14.7. The fourth-order valence-corrected chi connectivity index (χ4v) is 5.49. The highest BCUT2D eigenvalue weighted by Gasteiger charge is 2.35. The van der Waals surface area contributed by atoms with Gasteiger partial charge in [-0.15, -0.1) is 0 Å². The van der Waals surface area contributed by atoms with Gasteiger partial charge in [0.1, 0.15) is 11.9 Å². The molecule has 5 N–H and O–H groups in total. The Morgan fingerprint density at radius 1 is 1.09 bits per heavy atom. The summed E-state index contributed by atoms with van der Waals surface area (Å²) in [6.45, 7) is 6.19. The van der Waals surface area contributed by atoms with Crippen LogP contribution in [-0.2, 0) is 11.3 Å². The van der Waals surface area contributed by atoms with Gasteiger partial charge in [-0.2, -0.15) is 0 Å². The van der Waals surface area contributed by atoms with Crippen molar-refractivity contribution in [2.24, 2.45) is 0 Å². The number of aliphatic hydroxyl groups excluding tert-OH is 2. The van der Waals surface area contributed by atoms with E-state index in [1.807, 2.05) is 19.1 Å². The smallest absolute Gasteiger partial charge is 0.255 e. The maximum absolute atomic E-state index is 13.5. The first-order chi connectivity index (χ1) is 20.7. The number of aliphatic hydroxyl groups is 2. The van der Waals surface area contributed by atoms with Gasteiger partial charge in [-0.1, -0.05) is 48.7 Å². The molecule has 230 valence electrons. The largest absolute Gasteiger partial charge is 0.396 e. The summed E-state index contributed by atoms with van der Waals surface area (Å²) in [5.74, 6) is 0.222. The predicted molar refractivity (Wildman–Crippen MR) is 167 cm³/mol. The Morgan fingerprint density at radius 3 is 2.56 bits per heavy atom. The number of anilines is 2. The lowest BCUT2D eigenvalue weighted by molar-refractivity contribution is -0.126. The van der Waals surface area contributed by atoms with Crippen LogP contribution in [0.3, 0.4) is 0 Å². The third-order valence-corrected chi connectivity index (χ3v) is 7.96. The molecule has 2 aromatic heterocycles. The van der Waals surface area contributed by atoms with Crippen molar-refractivity contribution in [1.82, 2.24) is 25.2 Å². The second-order valence-corrected chi connectivity index (χ2v) is 11.2. The molecule has 0 fully saturated rings. The maximum atomic E-state index is 13.5. The van der Waals surface area contributed by atoms with Crippen LogP contribution in [0.25, 0.3) is 11.3 Å². The van der Waals surface area contributed by atoms with Gasteiger partial charge in [-0.25, -0.2) is 15.0 Å². The highest BCUT2D eigenvalue weighted by Crippen LogP contribution is 2.33. The summed E-state index contributed by atoms with van der Waals surface area (Å²) < 4.78 is 0. The predicted octanol–water partition coefficient (Wildman–Crippen LogP) is 4.43. The van der Waals surface area contributed by atoms with Gasteiger partial charge in [0.15, 0.2) is 0 Å². The van der Waals surface area contributed by atoms with Crippen molar-refractivity contribution in [3.63, 3.8) is 0 Å². The van der Waals surface area contributed by atoms with Crippen LogP contribution >= 0.6 is 23.2 Å². The summed E-state index contributed by atoms with van der Waals surface area (Å²) in [6, 6.07) is 5.49. The molecule has 3 aromatic rings. The number of amides is 2. The monoisotopic (exact) mass is 629 g/mol. The average Bonchev–Trinajstić information content (AvgIpc) is 3.33. The summed E-state index contributed by atoms with van der Waals surface area (Å²) in [6.07, 6.45) is 5.33. The third kappa shape index (κ3) is 7.53. The molecule has 1 aliphatic heterocycles. The van der Waals surface area contributed by atoms with Gasteiger partial charge < -0.3 is 31.1 Å². The molecular formula is C30H37Cl2N7O4. The second kappa shape index (κ2) is 14.8. The second-order valence-electron chi connectivity index (χ2n) is 10.4. The molecule has 0 spiro atoms. The number of carbonyl (C=O) groups excluding carboxylic acids is 2. The summed E-state index contributed by atoms with van der Waals surface area (Å²) in [7, 11) is 0. The number of carbonyl (C=O) groups is 2. The van der Waals surface area contributed by atoms with E-state index in [9.17, 15) is 19.8 Å². The van der Waals surface area contributed by atoms with Crippen LogP contribution in [0.4, 0.5) is 11.8 Å². The van der Waals surface area contributed by atoms with E-state index in [0.29, 0.717) is 57.2 Å². The summed E-state index contributed by atoms with van der Waals surface area (Å²) >= 11 is 12.8. The molecule has 0 saturated carbocycles. The Hall–Kier alpha value is -3.51.